The fourth-order valence-electron chi connectivity index (χ4n) is 2.81. The van der Waals surface area contributed by atoms with E-state index >= 15 is 0 Å². The van der Waals surface area contributed by atoms with Crippen molar-refractivity contribution in [3.05, 3.63) is 16.5 Å². The molecule has 1 N–H and O–H groups in total. The van der Waals surface area contributed by atoms with Gasteiger partial charge in [-0.25, -0.2) is 0 Å². The molecule has 0 bridgehead atoms. The van der Waals surface area contributed by atoms with Gasteiger partial charge in [-0.15, -0.1) is 11.3 Å². The largest absolute Gasteiger partial charge is 0.363 e. The molecule has 0 spiro atoms. The SMILES string of the molecule is CCCNC(=O)c1cc2c(s1)N(CC1CC1)CCCC2. The lowest BCUT2D eigenvalue weighted by atomic mass is 10.1. The first-order valence-corrected chi connectivity index (χ1v) is 8.75. The highest BCUT2D eigenvalue weighted by atomic mass is 32.1. The quantitative estimate of drug-likeness (QED) is 0.901. The fraction of sp³-hybridized carbons (Fsp3) is 0.688. The van der Waals surface area contributed by atoms with E-state index in [1.54, 1.807) is 11.3 Å². The number of carbonyl (C=O) groups excluding carboxylic acids is 1. The zero-order valence-electron chi connectivity index (χ0n) is 12.3. The maximum atomic E-state index is 12.1. The summed E-state index contributed by atoms with van der Waals surface area (Å²) in [6, 6.07) is 2.14. The van der Waals surface area contributed by atoms with Crippen molar-refractivity contribution < 1.29 is 4.79 Å². The molecule has 2 heterocycles. The molecule has 1 fully saturated rings. The molecule has 0 saturated heterocycles. The fourth-order valence-corrected chi connectivity index (χ4v) is 3.97. The summed E-state index contributed by atoms with van der Waals surface area (Å²) in [5.74, 6) is 1.01. The Morgan fingerprint density at radius 2 is 2.30 bits per heavy atom. The normalized spacial score (nSPS) is 18.6. The van der Waals surface area contributed by atoms with Crippen molar-refractivity contribution in [2.45, 2.75) is 45.4 Å². The summed E-state index contributed by atoms with van der Waals surface area (Å²) in [4.78, 5) is 15.6. The summed E-state index contributed by atoms with van der Waals surface area (Å²) in [6.07, 6.45) is 7.44. The minimum absolute atomic E-state index is 0.108. The molecule has 1 aromatic heterocycles. The topological polar surface area (TPSA) is 32.3 Å². The molecule has 110 valence electrons. The van der Waals surface area contributed by atoms with Crippen molar-refractivity contribution >= 4 is 22.2 Å². The van der Waals surface area contributed by atoms with Gasteiger partial charge < -0.3 is 10.2 Å². The molecule has 4 heteroatoms. The van der Waals surface area contributed by atoms with E-state index in [1.165, 1.54) is 49.3 Å². The standard InChI is InChI=1S/C16H24N2OS/c1-2-8-17-15(19)14-10-13-5-3-4-9-18(16(13)20-14)11-12-6-7-12/h10,12H,2-9,11H2,1H3,(H,17,19). The van der Waals surface area contributed by atoms with Gasteiger partial charge in [0.05, 0.1) is 9.88 Å². The summed E-state index contributed by atoms with van der Waals surface area (Å²) in [5.41, 5.74) is 1.40. The number of rotatable bonds is 5. The van der Waals surface area contributed by atoms with Gasteiger partial charge in [0.2, 0.25) is 0 Å². The van der Waals surface area contributed by atoms with Crippen LogP contribution in [0.1, 0.15) is 54.3 Å². The second kappa shape index (κ2) is 6.17. The van der Waals surface area contributed by atoms with Gasteiger partial charge >= 0.3 is 0 Å². The molecule has 0 atom stereocenters. The van der Waals surface area contributed by atoms with Crippen LogP contribution in [0.5, 0.6) is 0 Å². The molecule has 1 saturated carbocycles. The molecule has 20 heavy (non-hydrogen) atoms. The Morgan fingerprint density at radius 3 is 3.05 bits per heavy atom. The molecule has 1 aliphatic carbocycles. The van der Waals surface area contributed by atoms with Crippen LogP contribution in [0.15, 0.2) is 6.07 Å². The van der Waals surface area contributed by atoms with E-state index in [-0.39, 0.29) is 5.91 Å². The number of hydrogen-bond donors (Lipinski definition) is 1. The molecule has 0 unspecified atom stereocenters. The molecular weight excluding hydrogens is 268 g/mol. The van der Waals surface area contributed by atoms with Gasteiger partial charge in [-0.3, -0.25) is 4.79 Å². The van der Waals surface area contributed by atoms with Crippen LogP contribution >= 0.6 is 11.3 Å². The van der Waals surface area contributed by atoms with E-state index in [0.717, 1.165) is 30.2 Å². The Morgan fingerprint density at radius 1 is 1.45 bits per heavy atom. The van der Waals surface area contributed by atoms with Gasteiger partial charge in [0.1, 0.15) is 0 Å². The van der Waals surface area contributed by atoms with Crippen molar-refractivity contribution in [3.8, 4) is 0 Å². The molecular formula is C16H24N2OS. The van der Waals surface area contributed by atoms with Crippen LogP contribution in [0.4, 0.5) is 5.00 Å². The summed E-state index contributed by atoms with van der Waals surface area (Å²) >= 11 is 1.70. The van der Waals surface area contributed by atoms with Crippen LogP contribution in [0, 0.1) is 5.92 Å². The second-order valence-electron chi connectivity index (χ2n) is 6.04. The van der Waals surface area contributed by atoms with Crippen molar-refractivity contribution in [2.75, 3.05) is 24.5 Å². The highest BCUT2D eigenvalue weighted by Crippen LogP contribution is 2.38. The van der Waals surface area contributed by atoms with Gasteiger partial charge in [0.25, 0.3) is 5.91 Å². The number of thiophene rings is 1. The first-order chi connectivity index (χ1) is 9.78. The molecule has 1 amide bonds. The van der Waals surface area contributed by atoms with Crippen LogP contribution in [0.3, 0.4) is 0 Å². The van der Waals surface area contributed by atoms with E-state index in [1.807, 2.05) is 0 Å². The number of nitrogens with one attached hydrogen (secondary N) is 1. The highest BCUT2D eigenvalue weighted by molar-refractivity contribution is 7.18. The first-order valence-electron chi connectivity index (χ1n) is 7.93. The third-order valence-corrected chi connectivity index (χ3v) is 5.37. The van der Waals surface area contributed by atoms with Gasteiger partial charge in [0.15, 0.2) is 0 Å². The van der Waals surface area contributed by atoms with E-state index < -0.39 is 0 Å². The number of carbonyl (C=O) groups is 1. The smallest absolute Gasteiger partial charge is 0.261 e. The average Bonchev–Trinajstić information content (AvgIpc) is 3.20. The molecule has 1 aliphatic heterocycles. The lowest BCUT2D eigenvalue weighted by molar-refractivity contribution is 0.0957. The van der Waals surface area contributed by atoms with Crippen molar-refractivity contribution in [3.63, 3.8) is 0 Å². The Kier molecular flexibility index (Phi) is 4.29. The van der Waals surface area contributed by atoms with Gasteiger partial charge in [-0.2, -0.15) is 0 Å². The van der Waals surface area contributed by atoms with E-state index in [9.17, 15) is 4.79 Å². The number of amides is 1. The van der Waals surface area contributed by atoms with Crippen LogP contribution in [-0.4, -0.2) is 25.5 Å². The van der Waals surface area contributed by atoms with Crippen LogP contribution in [-0.2, 0) is 6.42 Å². The van der Waals surface area contributed by atoms with Crippen molar-refractivity contribution in [2.24, 2.45) is 5.92 Å². The lowest BCUT2D eigenvalue weighted by Crippen LogP contribution is -2.25. The zero-order valence-corrected chi connectivity index (χ0v) is 13.1. The minimum atomic E-state index is 0.108. The maximum absolute atomic E-state index is 12.1. The summed E-state index contributed by atoms with van der Waals surface area (Å²) < 4.78 is 0. The van der Waals surface area contributed by atoms with Crippen molar-refractivity contribution in [1.82, 2.24) is 5.32 Å². The molecule has 0 aromatic carbocycles. The van der Waals surface area contributed by atoms with E-state index in [2.05, 4.69) is 23.2 Å². The number of hydrogen-bond acceptors (Lipinski definition) is 3. The summed E-state index contributed by atoms with van der Waals surface area (Å²) in [5, 5.41) is 4.37. The maximum Gasteiger partial charge on any atom is 0.261 e. The first kappa shape index (κ1) is 13.9. The molecule has 3 nitrogen and oxygen atoms in total. The van der Waals surface area contributed by atoms with Crippen LogP contribution < -0.4 is 10.2 Å². The lowest BCUT2D eigenvalue weighted by Gasteiger charge is -2.22. The third kappa shape index (κ3) is 3.17. The molecule has 3 rings (SSSR count). The number of fused-ring (bicyclic) bond motifs is 1. The highest BCUT2D eigenvalue weighted by Gasteiger charge is 2.28. The van der Waals surface area contributed by atoms with Crippen molar-refractivity contribution in [1.29, 1.82) is 0 Å². The minimum Gasteiger partial charge on any atom is -0.363 e. The summed E-state index contributed by atoms with van der Waals surface area (Å²) in [7, 11) is 0. The van der Waals surface area contributed by atoms with E-state index in [0.29, 0.717) is 0 Å². The van der Waals surface area contributed by atoms with Gasteiger partial charge in [-0.1, -0.05) is 6.92 Å². The molecule has 2 aliphatic rings. The Bertz CT molecular complexity index is 479. The van der Waals surface area contributed by atoms with Crippen LogP contribution in [0.25, 0.3) is 0 Å². The predicted octanol–water partition coefficient (Wildman–Crippen LogP) is 3.44. The second-order valence-corrected chi connectivity index (χ2v) is 7.07. The molecule has 1 aromatic rings. The monoisotopic (exact) mass is 292 g/mol. The Hall–Kier alpha value is -1.03. The van der Waals surface area contributed by atoms with Crippen LogP contribution in [0.2, 0.25) is 0 Å². The van der Waals surface area contributed by atoms with Gasteiger partial charge in [0, 0.05) is 19.6 Å². The molecule has 0 radical (unpaired) electrons. The average molecular weight is 292 g/mol. The summed E-state index contributed by atoms with van der Waals surface area (Å²) in [6.45, 7) is 5.22. The predicted molar refractivity (Wildman–Crippen MR) is 84.8 cm³/mol. The van der Waals surface area contributed by atoms with Gasteiger partial charge in [-0.05, 0) is 56.1 Å². The number of aryl methyl sites for hydroxylation is 1. The number of nitrogens with zero attached hydrogens (tertiary/aromatic N) is 1. The number of anilines is 1. The van der Waals surface area contributed by atoms with E-state index in [4.69, 9.17) is 0 Å². The Labute approximate surface area is 125 Å². The zero-order chi connectivity index (χ0) is 13.9. The Balaban J connectivity index is 1.77. The third-order valence-electron chi connectivity index (χ3n) is 4.13.